The summed E-state index contributed by atoms with van der Waals surface area (Å²) in [5, 5.41) is 5.60. The molecule has 0 spiro atoms. The first-order valence-electron chi connectivity index (χ1n) is 6.92. The van der Waals surface area contributed by atoms with Gasteiger partial charge in [-0.3, -0.25) is 4.40 Å². The predicted octanol–water partition coefficient (Wildman–Crippen LogP) is 2.34. The molecular weight excluding hydrogens is 258 g/mol. The lowest BCUT2D eigenvalue weighted by Gasteiger charge is -2.42. The van der Waals surface area contributed by atoms with Crippen LogP contribution in [0.25, 0.3) is 4.96 Å². The molecule has 0 atom stereocenters. The minimum absolute atomic E-state index is 0.428. The van der Waals surface area contributed by atoms with Gasteiger partial charge in [-0.15, -0.1) is 11.3 Å². The van der Waals surface area contributed by atoms with Gasteiger partial charge >= 0.3 is 0 Å². The summed E-state index contributed by atoms with van der Waals surface area (Å²) < 4.78 is 7.21. The van der Waals surface area contributed by atoms with Crippen LogP contribution in [0.3, 0.4) is 0 Å². The number of hydrogen-bond donors (Lipinski definition) is 1. The van der Waals surface area contributed by atoms with Crippen LogP contribution in [0, 0.1) is 5.41 Å². The minimum atomic E-state index is 0.428. The summed E-state index contributed by atoms with van der Waals surface area (Å²) in [4.78, 5) is 5.82. The Kier molecular flexibility index (Phi) is 3.86. The highest BCUT2D eigenvalue weighted by molar-refractivity contribution is 7.15. The van der Waals surface area contributed by atoms with Crippen molar-refractivity contribution >= 4 is 16.3 Å². The van der Waals surface area contributed by atoms with E-state index in [0.717, 1.165) is 31.1 Å². The third-order valence-electron chi connectivity index (χ3n) is 4.10. The molecule has 0 amide bonds. The van der Waals surface area contributed by atoms with Gasteiger partial charge in [-0.2, -0.15) is 0 Å². The van der Waals surface area contributed by atoms with E-state index in [9.17, 15) is 0 Å². The molecule has 19 heavy (non-hydrogen) atoms. The average Bonchev–Trinajstić information content (AvgIpc) is 2.91. The van der Waals surface area contributed by atoms with Crippen molar-refractivity contribution in [2.45, 2.75) is 25.7 Å². The molecule has 4 nitrogen and oxygen atoms in total. The Balaban J connectivity index is 1.60. The second kappa shape index (κ2) is 5.61. The van der Waals surface area contributed by atoms with Gasteiger partial charge < -0.3 is 10.1 Å². The highest BCUT2D eigenvalue weighted by Gasteiger charge is 2.37. The van der Waals surface area contributed by atoms with Crippen LogP contribution in [0.5, 0.6) is 0 Å². The number of nitrogens with one attached hydrogen (secondary N) is 1. The minimum Gasteiger partial charge on any atom is -0.383 e. The van der Waals surface area contributed by atoms with Crippen molar-refractivity contribution in [3.8, 4) is 0 Å². The topological polar surface area (TPSA) is 38.6 Å². The van der Waals surface area contributed by atoms with Crippen LogP contribution in [0.4, 0.5) is 0 Å². The Labute approximate surface area is 117 Å². The van der Waals surface area contributed by atoms with E-state index in [1.54, 1.807) is 18.4 Å². The standard InChI is InChI=1S/C14H21N3OS/c1-18-7-5-15-11-14(3-2-4-14)9-12-10-17-6-8-19-13(17)16-12/h6,8,10,15H,2-5,7,9,11H2,1H3. The van der Waals surface area contributed by atoms with E-state index in [4.69, 9.17) is 9.72 Å². The van der Waals surface area contributed by atoms with Crippen molar-refractivity contribution in [2.75, 3.05) is 26.8 Å². The molecule has 0 aliphatic heterocycles. The lowest BCUT2D eigenvalue weighted by atomic mass is 9.66. The van der Waals surface area contributed by atoms with E-state index in [2.05, 4.69) is 27.5 Å². The first kappa shape index (κ1) is 13.1. The lowest BCUT2D eigenvalue weighted by molar-refractivity contribution is 0.122. The monoisotopic (exact) mass is 279 g/mol. The summed E-state index contributed by atoms with van der Waals surface area (Å²) in [5.41, 5.74) is 1.66. The number of ether oxygens (including phenoxy) is 1. The van der Waals surface area contributed by atoms with Gasteiger partial charge in [0, 0.05) is 38.0 Å². The number of fused-ring (bicyclic) bond motifs is 1. The SMILES string of the molecule is COCCNCC1(Cc2cn3ccsc3n2)CCC1. The average molecular weight is 279 g/mol. The number of thiazole rings is 1. The molecule has 1 fully saturated rings. The van der Waals surface area contributed by atoms with E-state index in [0.29, 0.717) is 5.41 Å². The molecule has 0 bridgehead atoms. The Bertz CT molecular complexity index is 501. The summed E-state index contributed by atoms with van der Waals surface area (Å²) >= 11 is 1.70. The molecule has 104 valence electrons. The Morgan fingerprint density at radius 1 is 1.53 bits per heavy atom. The summed E-state index contributed by atoms with van der Waals surface area (Å²) in [6.45, 7) is 2.81. The number of aromatic nitrogens is 2. The van der Waals surface area contributed by atoms with Crippen molar-refractivity contribution in [2.24, 2.45) is 5.41 Å². The highest BCUT2D eigenvalue weighted by Crippen LogP contribution is 2.43. The quantitative estimate of drug-likeness (QED) is 0.791. The molecule has 2 aromatic rings. The molecule has 2 aromatic heterocycles. The van der Waals surface area contributed by atoms with Crippen LogP contribution in [0.1, 0.15) is 25.0 Å². The number of imidazole rings is 1. The van der Waals surface area contributed by atoms with Crippen molar-refractivity contribution in [1.29, 1.82) is 0 Å². The zero-order valence-corrected chi connectivity index (χ0v) is 12.2. The molecule has 0 aromatic carbocycles. The second-order valence-corrected chi connectivity index (χ2v) is 6.40. The summed E-state index contributed by atoms with van der Waals surface area (Å²) in [6.07, 6.45) is 9.35. The van der Waals surface area contributed by atoms with Crippen LogP contribution in [0.2, 0.25) is 0 Å². The third kappa shape index (κ3) is 2.83. The molecular formula is C14H21N3OS. The van der Waals surface area contributed by atoms with Crippen LogP contribution in [0.15, 0.2) is 17.8 Å². The smallest absolute Gasteiger partial charge is 0.193 e. The number of nitrogens with zero attached hydrogens (tertiary/aromatic N) is 2. The zero-order chi connectivity index (χ0) is 13.1. The fourth-order valence-electron chi connectivity index (χ4n) is 2.87. The number of hydrogen-bond acceptors (Lipinski definition) is 4. The molecule has 1 saturated carbocycles. The van der Waals surface area contributed by atoms with E-state index in [1.165, 1.54) is 25.0 Å². The Hall–Kier alpha value is -0.910. The fraction of sp³-hybridized carbons (Fsp3) is 0.643. The van der Waals surface area contributed by atoms with Crippen molar-refractivity contribution in [3.05, 3.63) is 23.5 Å². The Morgan fingerprint density at radius 2 is 2.42 bits per heavy atom. The molecule has 3 rings (SSSR count). The van der Waals surface area contributed by atoms with Gasteiger partial charge in [0.2, 0.25) is 0 Å². The molecule has 0 radical (unpaired) electrons. The van der Waals surface area contributed by atoms with Crippen LogP contribution >= 0.6 is 11.3 Å². The van der Waals surface area contributed by atoms with Crippen molar-refractivity contribution in [3.63, 3.8) is 0 Å². The maximum Gasteiger partial charge on any atom is 0.193 e. The molecule has 1 aliphatic rings. The van der Waals surface area contributed by atoms with Crippen molar-refractivity contribution in [1.82, 2.24) is 14.7 Å². The van der Waals surface area contributed by atoms with Gasteiger partial charge in [-0.05, 0) is 24.7 Å². The van der Waals surface area contributed by atoms with E-state index in [1.807, 2.05) is 0 Å². The maximum absolute atomic E-state index is 5.08. The summed E-state index contributed by atoms with van der Waals surface area (Å²) in [5.74, 6) is 0. The molecule has 2 heterocycles. The molecule has 0 saturated heterocycles. The zero-order valence-electron chi connectivity index (χ0n) is 11.4. The molecule has 5 heteroatoms. The van der Waals surface area contributed by atoms with Crippen LogP contribution in [-0.4, -0.2) is 36.2 Å². The number of rotatable bonds is 7. The highest BCUT2D eigenvalue weighted by atomic mass is 32.1. The number of methoxy groups -OCH3 is 1. The van der Waals surface area contributed by atoms with Crippen molar-refractivity contribution < 1.29 is 4.74 Å². The molecule has 0 unspecified atom stereocenters. The van der Waals surface area contributed by atoms with E-state index >= 15 is 0 Å². The van der Waals surface area contributed by atoms with Gasteiger partial charge in [0.25, 0.3) is 0 Å². The van der Waals surface area contributed by atoms with Gasteiger partial charge in [-0.1, -0.05) is 6.42 Å². The predicted molar refractivity (Wildman–Crippen MR) is 77.8 cm³/mol. The van der Waals surface area contributed by atoms with Gasteiger partial charge in [-0.25, -0.2) is 4.98 Å². The first-order valence-corrected chi connectivity index (χ1v) is 7.80. The molecule has 1 N–H and O–H groups in total. The van der Waals surface area contributed by atoms with Gasteiger partial charge in [0.15, 0.2) is 4.96 Å². The Morgan fingerprint density at radius 3 is 3.11 bits per heavy atom. The third-order valence-corrected chi connectivity index (χ3v) is 4.87. The fourth-order valence-corrected chi connectivity index (χ4v) is 3.59. The van der Waals surface area contributed by atoms with E-state index in [-0.39, 0.29) is 0 Å². The maximum atomic E-state index is 5.08. The lowest BCUT2D eigenvalue weighted by Crippen LogP contribution is -2.42. The van der Waals surface area contributed by atoms with Crippen LogP contribution in [-0.2, 0) is 11.2 Å². The second-order valence-electron chi connectivity index (χ2n) is 5.52. The largest absolute Gasteiger partial charge is 0.383 e. The summed E-state index contributed by atoms with van der Waals surface area (Å²) in [7, 11) is 1.75. The molecule has 1 aliphatic carbocycles. The van der Waals surface area contributed by atoms with Crippen LogP contribution < -0.4 is 5.32 Å². The summed E-state index contributed by atoms with van der Waals surface area (Å²) in [6, 6.07) is 0. The van der Waals surface area contributed by atoms with Gasteiger partial charge in [0.05, 0.1) is 12.3 Å². The normalized spacial score (nSPS) is 17.7. The first-order chi connectivity index (χ1) is 9.31. The van der Waals surface area contributed by atoms with E-state index < -0.39 is 0 Å². The van der Waals surface area contributed by atoms with Gasteiger partial charge in [0.1, 0.15) is 0 Å².